The zero-order chi connectivity index (χ0) is 16.2. The maximum absolute atomic E-state index is 10.4. The number of fused-ring (bicyclic) bond motifs is 5. The number of aryl methyl sites for hydroxylation is 1. The van der Waals surface area contributed by atoms with Crippen molar-refractivity contribution >= 4 is 8.60 Å². The molecule has 5 atom stereocenters. The fraction of sp³-hybridized carbons (Fsp3) is 0.667. The molecule has 0 bridgehead atoms. The lowest BCUT2D eigenvalue weighted by Crippen LogP contribution is -2.43. The Labute approximate surface area is 138 Å². The minimum Gasteiger partial charge on any atom is -0.427 e. The van der Waals surface area contributed by atoms with Crippen LogP contribution in [0.1, 0.15) is 56.1 Å². The highest BCUT2D eigenvalue weighted by Gasteiger charge is 2.54. The van der Waals surface area contributed by atoms with Gasteiger partial charge < -0.3 is 19.4 Å². The van der Waals surface area contributed by atoms with E-state index in [2.05, 4.69) is 13.0 Å². The molecule has 2 saturated carbocycles. The first kappa shape index (κ1) is 15.8. The Balaban J connectivity index is 1.62. The minimum absolute atomic E-state index is 0.116. The third-order valence-electron chi connectivity index (χ3n) is 6.84. The van der Waals surface area contributed by atoms with Gasteiger partial charge in [0.1, 0.15) is 5.75 Å². The van der Waals surface area contributed by atoms with Crippen LogP contribution in [0, 0.1) is 17.3 Å². The Morgan fingerprint density at radius 3 is 2.78 bits per heavy atom. The second-order valence-electron chi connectivity index (χ2n) is 7.76. The Morgan fingerprint density at radius 1 is 1.17 bits per heavy atom. The van der Waals surface area contributed by atoms with Crippen molar-refractivity contribution in [3.63, 3.8) is 0 Å². The maximum atomic E-state index is 10.4. The van der Waals surface area contributed by atoms with Crippen molar-refractivity contribution in [2.24, 2.45) is 17.3 Å². The number of hydrogen-bond donors (Lipinski definition) is 3. The van der Waals surface area contributed by atoms with E-state index < -0.39 is 8.60 Å². The van der Waals surface area contributed by atoms with Gasteiger partial charge in [-0.05, 0) is 85.0 Å². The van der Waals surface area contributed by atoms with Crippen LogP contribution in [-0.2, 0) is 6.42 Å². The van der Waals surface area contributed by atoms with E-state index in [1.54, 1.807) is 0 Å². The van der Waals surface area contributed by atoms with Gasteiger partial charge >= 0.3 is 8.60 Å². The average molecular weight is 336 g/mol. The van der Waals surface area contributed by atoms with Crippen LogP contribution >= 0.6 is 8.60 Å². The van der Waals surface area contributed by atoms with Crippen molar-refractivity contribution in [1.29, 1.82) is 0 Å². The summed E-state index contributed by atoms with van der Waals surface area (Å²) >= 11 is 0. The van der Waals surface area contributed by atoms with Crippen LogP contribution in [0.2, 0.25) is 0 Å². The van der Waals surface area contributed by atoms with Gasteiger partial charge in [0.2, 0.25) is 0 Å². The topological polar surface area (TPSA) is 69.9 Å². The van der Waals surface area contributed by atoms with E-state index >= 15 is 0 Å². The highest BCUT2D eigenvalue weighted by Crippen LogP contribution is 2.60. The Hall–Kier alpha value is -0.670. The summed E-state index contributed by atoms with van der Waals surface area (Å²) in [7, 11) is -2.35. The second-order valence-corrected chi connectivity index (χ2v) is 8.45. The molecular weight excluding hydrogens is 311 g/mol. The standard InChI is InChI=1S/C18H25O4P/c1-18-9-8-14-13-5-3-12(22-23(20)21)10-11(13)2-4-15(14)16(18)6-7-17(18)19/h3,5,10,14-17,19-21H,2,4,6-9H2,1H3. The molecule has 5 unspecified atom stereocenters. The molecule has 0 heterocycles. The van der Waals surface area contributed by atoms with Crippen LogP contribution in [0.25, 0.3) is 0 Å². The van der Waals surface area contributed by atoms with Crippen LogP contribution in [0.3, 0.4) is 0 Å². The molecule has 126 valence electrons. The average Bonchev–Trinajstić information content (AvgIpc) is 2.82. The molecule has 2 fully saturated rings. The SMILES string of the molecule is CC12CCC3c4ccc(OP(O)O)cc4CCC3C1CCC2O. The van der Waals surface area contributed by atoms with Crippen molar-refractivity contribution < 1.29 is 19.4 Å². The summed E-state index contributed by atoms with van der Waals surface area (Å²) < 4.78 is 5.06. The zero-order valence-corrected chi connectivity index (χ0v) is 14.4. The number of rotatable bonds is 2. The number of benzene rings is 1. The van der Waals surface area contributed by atoms with Crippen molar-refractivity contribution in [3.8, 4) is 5.75 Å². The van der Waals surface area contributed by atoms with Crippen molar-refractivity contribution in [1.82, 2.24) is 0 Å². The lowest BCUT2D eigenvalue weighted by molar-refractivity contribution is -0.0226. The molecule has 1 aromatic rings. The molecule has 0 radical (unpaired) electrons. The molecule has 3 aliphatic rings. The van der Waals surface area contributed by atoms with Crippen molar-refractivity contribution in [3.05, 3.63) is 29.3 Å². The normalized spacial score (nSPS) is 38.8. The summed E-state index contributed by atoms with van der Waals surface area (Å²) in [4.78, 5) is 18.1. The van der Waals surface area contributed by atoms with Crippen LogP contribution < -0.4 is 4.52 Å². The summed E-state index contributed by atoms with van der Waals surface area (Å²) in [5, 5.41) is 10.4. The van der Waals surface area contributed by atoms with Gasteiger partial charge in [-0.1, -0.05) is 13.0 Å². The van der Waals surface area contributed by atoms with Gasteiger partial charge in [0.15, 0.2) is 0 Å². The Bertz CT molecular complexity index is 605. The minimum atomic E-state index is -2.35. The largest absolute Gasteiger partial charge is 0.427 e. The van der Waals surface area contributed by atoms with Gasteiger partial charge in [0.05, 0.1) is 6.10 Å². The first-order valence-electron chi connectivity index (χ1n) is 8.66. The quantitative estimate of drug-likeness (QED) is 0.723. The van der Waals surface area contributed by atoms with Crippen LogP contribution in [-0.4, -0.2) is 21.0 Å². The van der Waals surface area contributed by atoms with E-state index in [0.29, 0.717) is 23.5 Å². The van der Waals surface area contributed by atoms with Gasteiger partial charge in [-0.25, -0.2) is 0 Å². The number of aliphatic hydroxyl groups is 1. The van der Waals surface area contributed by atoms with E-state index in [1.165, 1.54) is 17.5 Å². The smallest absolute Gasteiger partial charge is 0.391 e. The second kappa shape index (κ2) is 5.70. The third-order valence-corrected chi connectivity index (χ3v) is 7.21. The highest BCUT2D eigenvalue weighted by molar-refractivity contribution is 7.39. The molecule has 3 N–H and O–H groups in total. The van der Waals surface area contributed by atoms with Gasteiger partial charge in [0, 0.05) is 0 Å². The summed E-state index contributed by atoms with van der Waals surface area (Å²) in [6, 6.07) is 5.96. The molecule has 0 amide bonds. The Morgan fingerprint density at radius 2 is 2.00 bits per heavy atom. The monoisotopic (exact) mass is 336 g/mol. The summed E-state index contributed by atoms with van der Waals surface area (Å²) in [5.41, 5.74) is 2.82. The summed E-state index contributed by atoms with van der Waals surface area (Å²) in [6.07, 6.45) is 6.44. The van der Waals surface area contributed by atoms with E-state index in [-0.39, 0.29) is 11.5 Å². The lowest BCUT2D eigenvalue weighted by Gasteiger charge is -2.50. The fourth-order valence-electron chi connectivity index (χ4n) is 5.68. The van der Waals surface area contributed by atoms with Crippen LogP contribution in [0.15, 0.2) is 18.2 Å². The third kappa shape index (κ3) is 2.51. The van der Waals surface area contributed by atoms with E-state index in [4.69, 9.17) is 14.3 Å². The summed E-state index contributed by atoms with van der Waals surface area (Å²) in [5.74, 6) is 2.46. The van der Waals surface area contributed by atoms with Crippen molar-refractivity contribution in [2.75, 3.05) is 0 Å². The van der Waals surface area contributed by atoms with E-state index in [9.17, 15) is 5.11 Å². The molecule has 5 heteroatoms. The molecule has 4 rings (SSSR count). The first-order valence-corrected chi connectivity index (χ1v) is 9.82. The van der Waals surface area contributed by atoms with E-state index in [0.717, 1.165) is 32.1 Å². The maximum Gasteiger partial charge on any atom is 0.391 e. The fourth-order valence-corrected chi connectivity index (χ4v) is 5.98. The summed E-state index contributed by atoms with van der Waals surface area (Å²) in [6.45, 7) is 2.29. The van der Waals surface area contributed by atoms with Crippen LogP contribution in [0.4, 0.5) is 0 Å². The molecule has 0 spiro atoms. The molecule has 0 saturated heterocycles. The Kier molecular flexibility index (Phi) is 3.92. The highest BCUT2D eigenvalue weighted by atomic mass is 31.2. The molecule has 0 aromatic heterocycles. The molecular formula is C18H25O4P. The van der Waals surface area contributed by atoms with Gasteiger partial charge in [-0.15, -0.1) is 0 Å². The number of hydrogen-bond acceptors (Lipinski definition) is 4. The molecule has 3 aliphatic carbocycles. The number of aliphatic hydroxyl groups excluding tert-OH is 1. The van der Waals surface area contributed by atoms with Gasteiger partial charge in [0.25, 0.3) is 0 Å². The zero-order valence-electron chi connectivity index (χ0n) is 13.5. The first-order chi connectivity index (χ1) is 11.0. The molecule has 23 heavy (non-hydrogen) atoms. The molecule has 4 nitrogen and oxygen atoms in total. The van der Waals surface area contributed by atoms with Crippen LogP contribution in [0.5, 0.6) is 5.75 Å². The van der Waals surface area contributed by atoms with Gasteiger partial charge in [-0.3, -0.25) is 0 Å². The van der Waals surface area contributed by atoms with Gasteiger partial charge in [-0.2, -0.15) is 0 Å². The predicted molar refractivity (Wildman–Crippen MR) is 89.1 cm³/mol. The molecule has 0 aliphatic heterocycles. The lowest BCUT2D eigenvalue weighted by atomic mass is 9.55. The molecule has 1 aromatic carbocycles. The predicted octanol–water partition coefficient (Wildman–Crippen LogP) is 3.49. The van der Waals surface area contributed by atoms with E-state index in [1.807, 2.05) is 12.1 Å². The van der Waals surface area contributed by atoms with Crippen molar-refractivity contribution in [2.45, 2.75) is 57.5 Å².